The number of aliphatic imine (C=N–C) groups is 1. The molecule has 0 bridgehead atoms. The van der Waals surface area contributed by atoms with Gasteiger partial charge in [-0.3, -0.25) is 14.7 Å². The average Bonchev–Trinajstić information content (AvgIpc) is 2.93. The highest BCUT2D eigenvalue weighted by molar-refractivity contribution is 6.32. The van der Waals surface area contributed by atoms with Crippen LogP contribution in [0.1, 0.15) is 87.5 Å². The molecule has 6 heteroatoms. The number of halogens is 1. The van der Waals surface area contributed by atoms with Crippen LogP contribution in [0.5, 0.6) is 0 Å². The molecule has 0 aromatic rings. The van der Waals surface area contributed by atoms with Crippen molar-refractivity contribution in [2.24, 2.45) is 16.8 Å². The monoisotopic (exact) mass is 592 g/mol. The molecule has 0 amide bonds. The molecular weight excluding hydrogens is 540 g/mol. The third-order valence-electron chi connectivity index (χ3n) is 9.19. The Bertz CT molecular complexity index is 1210. The van der Waals surface area contributed by atoms with Gasteiger partial charge in [-0.05, 0) is 83.4 Å². The molecule has 5 nitrogen and oxygen atoms in total. The largest absolute Gasteiger partial charge is 0.369 e. The molecular formula is C36H53ClN4O. The fourth-order valence-electron chi connectivity index (χ4n) is 5.59. The Kier molecular flexibility index (Phi) is 12.7. The molecule has 2 fully saturated rings. The van der Waals surface area contributed by atoms with E-state index in [9.17, 15) is 4.79 Å². The van der Waals surface area contributed by atoms with Crippen molar-refractivity contribution in [3.8, 4) is 0 Å². The minimum Gasteiger partial charge on any atom is -0.369 e. The van der Waals surface area contributed by atoms with E-state index in [1.165, 1.54) is 30.5 Å². The van der Waals surface area contributed by atoms with Crippen LogP contribution < -0.4 is 0 Å². The van der Waals surface area contributed by atoms with Gasteiger partial charge in [-0.15, -0.1) is 0 Å². The summed E-state index contributed by atoms with van der Waals surface area (Å²) in [4.78, 5) is 24.7. The van der Waals surface area contributed by atoms with Crippen LogP contribution in [0.3, 0.4) is 0 Å². The zero-order chi connectivity index (χ0) is 31.0. The van der Waals surface area contributed by atoms with Crippen LogP contribution in [0.2, 0.25) is 0 Å². The van der Waals surface area contributed by atoms with Gasteiger partial charge in [0.05, 0.1) is 16.4 Å². The Morgan fingerprint density at radius 3 is 2.38 bits per heavy atom. The fraction of sp³-hybridized carbons (Fsp3) is 0.556. The molecule has 2 aliphatic heterocycles. The summed E-state index contributed by atoms with van der Waals surface area (Å²) in [5.41, 5.74) is 5.51. The second-order valence-electron chi connectivity index (χ2n) is 12.3. The van der Waals surface area contributed by atoms with E-state index in [0.717, 1.165) is 49.8 Å². The van der Waals surface area contributed by atoms with E-state index in [4.69, 9.17) is 16.6 Å². The molecule has 0 aromatic heterocycles. The van der Waals surface area contributed by atoms with Gasteiger partial charge in [0.1, 0.15) is 0 Å². The first-order chi connectivity index (χ1) is 20.0. The zero-order valence-electron chi connectivity index (χ0n) is 27.3. The predicted octanol–water partition coefficient (Wildman–Crippen LogP) is 8.75. The summed E-state index contributed by atoms with van der Waals surface area (Å²) >= 11 is 6.68. The summed E-state index contributed by atoms with van der Waals surface area (Å²) in [7, 11) is 0. The first kappa shape index (κ1) is 33.9. The van der Waals surface area contributed by atoms with Crippen molar-refractivity contribution in [3.63, 3.8) is 0 Å². The Morgan fingerprint density at radius 2 is 1.83 bits per heavy atom. The van der Waals surface area contributed by atoms with Gasteiger partial charge in [0.2, 0.25) is 0 Å². The Hall–Kier alpha value is -2.63. The lowest BCUT2D eigenvalue weighted by Gasteiger charge is -2.47. The molecule has 3 atom stereocenters. The van der Waals surface area contributed by atoms with Crippen LogP contribution in [0.15, 0.2) is 87.6 Å². The molecule has 1 aliphatic carbocycles. The van der Waals surface area contributed by atoms with Crippen molar-refractivity contribution in [2.75, 3.05) is 19.6 Å². The first-order valence-electron chi connectivity index (χ1n) is 15.9. The fourth-order valence-corrected chi connectivity index (χ4v) is 5.80. The molecule has 2 unspecified atom stereocenters. The number of nitrogens with zero attached hydrogens (tertiary/aromatic N) is 4. The molecule has 0 spiro atoms. The van der Waals surface area contributed by atoms with Gasteiger partial charge in [0.25, 0.3) is 0 Å². The van der Waals surface area contributed by atoms with Gasteiger partial charge in [-0.1, -0.05) is 63.9 Å². The van der Waals surface area contributed by atoms with Crippen molar-refractivity contribution in [1.29, 1.82) is 0 Å². The normalized spacial score (nSPS) is 23.6. The second kappa shape index (κ2) is 15.7. The Labute approximate surface area is 260 Å². The number of rotatable bonds is 12. The minimum absolute atomic E-state index is 0.0543. The summed E-state index contributed by atoms with van der Waals surface area (Å²) in [5.74, 6) is 0.601. The molecule has 0 radical (unpaired) electrons. The summed E-state index contributed by atoms with van der Waals surface area (Å²) in [6.07, 6.45) is 20.1. The van der Waals surface area contributed by atoms with E-state index < -0.39 is 0 Å². The number of allylic oxidation sites excluding steroid dienone is 7. The van der Waals surface area contributed by atoms with Crippen LogP contribution in [0.25, 0.3) is 0 Å². The first-order valence-corrected chi connectivity index (χ1v) is 16.3. The molecule has 42 heavy (non-hydrogen) atoms. The maximum Gasteiger partial charge on any atom is 0.154 e. The quantitative estimate of drug-likeness (QED) is 0.129. The highest BCUT2D eigenvalue weighted by Crippen LogP contribution is 2.32. The van der Waals surface area contributed by atoms with E-state index in [2.05, 4.69) is 89.3 Å². The van der Waals surface area contributed by atoms with E-state index in [-0.39, 0.29) is 11.7 Å². The van der Waals surface area contributed by atoms with Crippen LogP contribution in [0.4, 0.5) is 0 Å². The second-order valence-corrected chi connectivity index (χ2v) is 12.7. The predicted molar refractivity (Wildman–Crippen MR) is 180 cm³/mol. The van der Waals surface area contributed by atoms with Crippen molar-refractivity contribution in [1.82, 2.24) is 14.7 Å². The Morgan fingerprint density at radius 1 is 1.14 bits per heavy atom. The van der Waals surface area contributed by atoms with Gasteiger partial charge < -0.3 is 9.80 Å². The molecule has 1 saturated heterocycles. The molecule has 230 valence electrons. The third-order valence-corrected chi connectivity index (χ3v) is 9.52. The smallest absolute Gasteiger partial charge is 0.154 e. The number of hydrogen-bond acceptors (Lipinski definition) is 5. The molecule has 2 heterocycles. The van der Waals surface area contributed by atoms with Crippen molar-refractivity contribution >= 4 is 23.1 Å². The lowest BCUT2D eigenvalue weighted by molar-refractivity contribution is -0.112. The van der Waals surface area contributed by atoms with E-state index >= 15 is 0 Å². The van der Waals surface area contributed by atoms with Crippen molar-refractivity contribution < 1.29 is 4.79 Å². The number of carbonyl (C=O) groups excluding carboxylic acids is 1. The van der Waals surface area contributed by atoms with Gasteiger partial charge in [-0.2, -0.15) is 0 Å². The van der Waals surface area contributed by atoms with Crippen LogP contribution in [-0.4, -0.2) is 57.9 Å². The number of carbonyl (C=O) groups is 1. The summed E-state index contributed by atoms with van der Waals surface area (Å²) < 4.78 is 0. The highest BCUT2D eigenvalue weighted by atomic mass is 35.5. The standard InChI is InChI=1S/C36H53ClN4O/c1-10-25(4)27(6)22-40-24-31(21-34(37)30(40)9)36(20-29(8)42)38-35(26(5)11-2)17-16-32(12-3)39-18-19-41(28(7)23-39)33-14-13-15-33/h12,16-17,20-22,24-26,28,33H,9-11,13-15,18-19,23H2,1-8H3/b17-16-,27-22-,32-12+,36-20-,38-35-/t25?,26?,28-/m0/s1. The molecule has 3 aliphatic rings. The SMILES string of the molecule is C=C1C(Cl)=CC(C(=C/C(C)=O)/N=C(/C=C\C(=C/C)N2CCN(C3CCC3)[C@@H](C)C2)C(C)CC)=CN1/C=C(/C)C(C)CC. The summed E-state index contributed by atoms with van der Waals surface area (Å²) in [6.45, 7) is 24.3. The number of hydrogen-bond donors (Lipinski definition) is 0. The van der Waals surface area contributed by atoms with Crippen LogP contribution in [0, 0.1) is 11.8 Å². The number of ketones is 1. The topological polar surface area (TPSA) is 39.2 Å². The van der Waals surface area contributed by atoms with Gasteiger partial charge in [0.15, 0.2) is 5.78 Å². The van der Waals surface area contributed by atoms with Crippen molar-refractivity contribution in [3.05, 3.63) is 82.6 Å². The minimum atomic E-state index is -0.0543. The summed E-state index contributed by atoms with van der Waals surface area (Å²) in [5, 5.41) is 0.539. The van der Waals surface area contributed by atoms with Crippen LogP contribution >= 0.6 is 11.6 Å². The molecule has 0 N–H and O–H groups in total. The maximum absolute atomic E-state index is 12.4. The molecule has 0 aromatic carbocycles. The molecule has 3 rings (SSSR count). The van der Waals surface area contributed by atoms with Gasteiger partial charge >= 0.3 is 0 Å². The van der Waals surface area contributed by atoms with Crippen LogP contribution in [-0.2, 0) is 4.79 Å². The van der Waals surface area contributed by atoms with Crippen molar-refractivity contribution in [2.45, 2.75) is 99.6 Å². The highest BCUT2D eigenvalue weighted by Gasteiger charge is 2.32. The lowest BCUT2D eigenvalue weighted by Crippen LogP contribution is -2.56. The average molecular weight is 593 g/mol. The van der Waals surface area contributed by atoms with Gasteiger partial charge in [-0.25, -0.2) is 0 Å². The van der Waals surface area contributed by atoms with E-state index in [1.807, 2.05) is 17.2 Å². The zero-order valence-corrected chi connectivity index (χ0v) is 28.0. The maximum atomic E-state index is 12.4. The lowest BCUT2D eigenvalue weighted by atomic mass is 9.89. The van der Waals surface area contributed by atoms with Gasteiger partial charge in [0, 0.05) is 67.2 Å². The number of piperazine rings is 1. The third kappa shape index (κ3) is 8.70. The molecule has 1 saturated carbocycles. The summed E-state index contributed by atoms with van der Waals surface area (Å²) in [6, 6.07) is 1.33. The van der Waals surface area contributed by atoms with E-state index in [0.29, 0.717) is 28.4 Å². The Balaban J connectivity index is 1.93. The van der Waals surface area contributed by atoms with E-state index in [1.54, 1.807) is 13.0 Å².